The Morgan fingerprint density at radius 1 is 0.188 bits per heavy atom. The van der Waals surface area contributed by atoms with Gasteiger partial charge in [0.15, 0.2) is 0 Å². The monoisotopic (exact) mass is 873 g/mol. The largest absolute Gasteiger partial charge is 6.00 e. The summed E-state index contributed by atoms with van der Waals surface area (Å²) in [5.41, 5.74) is 0. The summed E-state index contributed by atoms with van der Waals surface area (Å²) in [4.78, 5) is 0. The second-order valence-electron chi connectivity index (χ2n) is 0. The fourth-order valence-electron chi connectivity index (χ4n) is 0. The zero-order valence-corrected chi connectivity index (χ0v) is 29.5. The molecule has 0 aromatic carbocycles. The van der Waals surface area contributed by atoms with Gasteiger partial charge in [0.1, 0.15) is 0 Å². The first-order valence-electron chi connectivity index (χ1n) is 0. The minimum absolute atomic E-state index is 0. The molecule has 0 nitrogen and oxygen atoms in total. The summed E-state index contributed by atoms with van der Waals surface area (Å²) in [6.07, 6.45) is 0. The van der Waals surface area contributed by atoms with Gasteiger partial charge in [0, 0.05) is 0 Å². The molecule has 0 N–H and O–H groups in total. The second-order valence-corrected chi connectivity index (χ2v) is 0. The molecule has 0 aliphatic heterocycles. The number of hydrogen-bond donors (Lipinski definition) is 0. The van der Waals surface area contributed by atoms with Gasteiger partial charge in [-0.15, -0.1) is 0 Å². The van der Waals surface area contributed by atoms with E-state index in [0.717, 1.165) is 0 Å². The van der Waals surface area contributed by atoms with Crippen LogP contribution in [0.2, 0.25) is 0 Å². The van der Waals surface area contributed by atoms with Crippen molar-refractivity contribution in [2.24, 2.45) is 0 Å². The summed E-state index contributed by atoms with van der Waals surface area (Å²) >= 11 is 0. The van der Waals surface area contributed by atoms with Crippen LogP contribution in [0.1, 0.15) is 0 Å². The molecule has 0 atom stereocenters. The zero-order chi connectivity index (χ0) is 0. The average molecular weight is 871 g/mol. The number of hydrogen-bond acceptors (Lipinski definition) is 0. The van der Waals surface area contributed by atoms with Gasteiger partial charge in [-0.3, -0.25) is 0 Å². The Morgan fingerprint density at radius 3 is 0.188 bits per heavy atom. The van der Waals surface area contributed by atoms with Crippen molar-refractivity contribution in [3.05, 3.63) is 0 Å². The first kappa shape index (κ1) is 178. The molecule has 0 aromatic heterocycles. The molecule has 0 amide bonds. The van der Waals surface area contributed by atoms with Gasteiger partial charge < -0.3 is 99.0 Å². The van der Waals surface area contributed by atoms with Crippen molar-refractivity contribution in [1.29, 1.82) is 0 Å². The van der Waals surface area contributed by atoms with Crippen molar-refractivity contribution < 1.29 is 142 Å². The quantitative estimate of drug-likeness (QED) is 0.169. The van der Waals surface area contributed by atoms with Crippen LogP contribution in [0, 0.1) is 0 Å². The van der Waals surface area contributed by atoms with E-state index in [2.05, 4.69) is 0 Å². The summed E-state index contributed by atoms with van der Waals surface area (Å²) < 4.78 is 0. The minimum Gasteiger partial charge on any atom is -3.00 e. The fraction of sp³-hybridized carbons (Fsp3) is 0. The van der Waals surface area contributed by atoms with Crippen molar-refractivity contribution in [2.45, 2.75) is 0 Å². The van der Waals surface area contributed by atoms with Crippen LogP contribution in [0.3, 0.4) is 0 Å². The predicted molar refractivity (Wildman–Crippen MR) is 69.2 cm³/mol. The molecule has 0 aliphatic rings. The van der Waals surface area contributed by atoms with Gasteiger partial charge in [-0.05, 0) is 0 Å². The maximum absolute atomic E-state index is 0. The van der Waals surface area contributed by atoms with Crippen LogP contribution in [-0.2, 0) is 142 Å². The maximum Gasteiger partial charge on any atom is 6.00 e. The van der Waals surface area contributed by atoms with E-state index in [1.165, 1.54) is 0 Å². The Hall–Kier alpha value is 9.01. The third kappa shape index (κ3) is 137. The second kappa shape index (κ2) is 157. The molecule has 0 bridgehead atoms. The van der Waals surface area contributed by atoms with Gasteiger partial charge in [-0.2, -0.15) is 0 Å². The summed E-state index contributed by atoms with van der Waals surface area (Å²) in [6.45, 7) is 0. The molecule has 0 saturated carbocycles. The van der Waals surface area contributed by atoms with Gasteiger partial charge in [-0.25, -0.2) is 0 Å². The van der Waals surface area contributed by atoms with Gasteiger partial charge in [-0.1, -0.05) is 0 Å². The molecule has 0 aliphatic carbocycles. The molecule has 0 rings (SSSR count). The zero-order valence-electron chi connectivity index (χ0n) is 7.20. The molecule has 16 heavy (non-hydrogen) atoms. The van der Waals surface area contributed by atoms with E-state index in [1.807, 2.05) is 0 Å². The molecule has 0 spiro atoms. The van der Waals surface area contributed by atoms with Crippen molar-refractivity contribution in [2.75, 3.05) is 0 Å². The molecular weight excluding hydrogens is 871 g/mol. The van der Waals surface area contributed by atoms with E-state index < -0.39 is 0 Å². The Labute approximate surface area is 236 Å². The molecule has 80 valence electrons. The van der Waals surface area contributed by atoms with Crippen molar-refractivity contribution in [3.63, 3.8) is 0 Å². The van der Waals surface area contributed by atoms with Gasteiger partial charge in [0.25, 0.3) is 0 Å². The van der Waals surface area contributed by atoms with E-state index in [4.69, 9.17) is 0 Å². The predicted octanol–water partition coefficient (Wildman–Crippen LogP) is 8.60. The van der Waals surface area contributed by atoms with E-state index in [1.54, 1.807) is 0 Å². The van der Waals surface area contributed by atoms with Crippen LogP contribution in [-0.4, -0.2) is 0 Å². The molecule has 16 heteroatoms. The Morgan fingerprint density at radius 2 is 0.188 bits per heavy atom. The van der Waals surface area contributed by atoms with Crippen molar-refractivity contribution in [3.8, 4) is 0 Å². The van der Waals surface area contributed by atoms with E-state index in [9.17, 15) is 0 Å². The van der Waals surface area contributed by atoms with Crippen LogP contribution in [0.15, 0.2) is 0 Å². The SMILES string of the molecule is [Mo+6].[Mo+6].[Mo+6].[P-3].[P-3].[P-3].[P-3].[P-3].[P-3].[P-3].[P-3].[P-3].[P-3].[Zr+4].[Zr+4].[Zr+4]. The molecule has 0 unspecified atom stereocenters. The van der Waals surface area contributed by atoms with Gasteiger partial charge in [0.2, 0.25) is 0 Å². The first-order valence-corrected chi connectivity index (χ1v) is 0. The molecule has 0 aromatic rings. The summed E-state index contributed by atoms with van der Waals surface area (Å²) in [5.74, 6) is 0. The minimum atomic E-state index is 0. The van der Waals surface area contributed by atoms with Crippen LogP contribution < -0.4 is 0 Å². The standard InChI is InChI=1S/3Mo.10P.3Zr/q3*+6;10*-3;3*+4. The van der Waals surface area contributed by atoms with E-state index in [0.29, 0.717) is 0 Å². The third-order valence-electron chi connectivity index (χ3n) is 0. The van der Waals surface area contributed by atoms with Crippen molar-refractivity contribution >= 4 is 99.0 Å². The summed E-state index contributed by atoms with van der Waals surface area (Å²) in [5, 5.41) is 0. The first-order chi connectivity index (χ1) is 0. The summed E-state index contributed by atoms with van der Waals surface area (Å²) in [6, 6.07) is 0. The van der Waals surface area contributed by atoms with Gasteiger partial charge >= 0.3 is 142 Å². The van der Waals surface area contributed by atoms with Gasteiger partial charge in [0.05, 0.1) is 0 Å². The number of rotatable bonds is 0. The van der Waals surface area contributed by atoms with Crippen LogP contribution >= 0.6 is 99.0 Å². The van der Waals surface area contributed by atoms with Crippen LogP contribution in [0.5, 0.6) is 0 Å². The molecular formula is Mo3P10Zr3. The van der Waals surface area contributed by atoms with E-state index >= 15 is 0 Å². The normalized spacial score (nSPS) is 0. The van der Waals surface area contributed by atoms with Crippen LogP contribution in [0.25, 0.3) is 0 Å². The molecule has 0 heterocycles. The Kier molecular flexibility index (Phi) is 1740. The molecule has 0 radical (unpaired) electrons. The fourth-order valence-corrected chi connectivity index (χ4v) is 0. The maximum atomic E-state index is 0. The van der Waals surface area contributed by atoms with E-state index in [-0.39, 0.29) is 241 Å². The Balaban J connectivity index is 0. The topological polar surface area (TPSA) is 0 Å². The summed E-state index contributed by atoms with van der Waals surface area (Å²) in [7, 11) is 0. The molecule has 0 saturated heterocycles. The molecule has 0 fully saturated rings. The third-order valence-corrected chi connectivity index (χ3v) is 0. The average Bonchev–Trinajstić information content (AvgIpc) is 0. The van der Waals surface area contributed by atoms with Crippen LogP contribution in [0.4, 0.5) is 0 Å². The smallest absolute Gasteiger partial charge is 3.00 e. The van der Waals surface area contributed by atoms with Crippen molar-refractivity contribution in [1.82, 2.24) is 0 Å². The Bertz CT molecular complexity index is 21.3.